The lowest BCUT2D eigenvalue weighted by Gasteiger charge is -2.20. The van der Waals surface area contributed by atoms with Crippen LogP contribution < -0.4 is 25.0 Å². The molecule has 0 saturated heterocycles. The van der Waals surface area contributed by atoms with Crippen LogP contribution in [0.4, 0.5) is 33.2 Å². The number of phenols is 1. The molecule has 0 spiro atoms. The number of nitrogens with one attached hydrogen (secondary N) is 2. The molecule has 6 aromatic rings. The Morgan fingerprint density at radius 1 is 0.833 bits per heavy atom. The first-order chi connectivity index (χ1) is 28.7. The van der Waals surface area contributed by atoms with Crippen molar-refractivity contribution < 1.29 is 46.6 Å². The summed E-state index contributed by atoms with van der Waals surface area (Å²) in [6.45, 7) is 3.30. The number of rotatable bonds is 14. The Kier molecular flexibility index (Phi) is 13.5. The van der Waals surface area contributed by atoms with Crippen LogP contribution in [0.25, 0.3) is 10.8 Å². The number of aryl methyl sites for hydroxylation is 1. The predicted octanol–water partition coefficient (Wildman–Crippen LogP) is 9.68. The minimum Gasteiger partial charge on any atom is -0.506 e. The highest BCUT2D eigenvalue weighted by atomic mass is 32.2. The molecule has 0 bridgehead atoms. The molecule has 0 unspecified atom stereocenters. The van der Waals surface area contributed by atoms with Gasteiger partial charge in [-0.1, -0.05) is 48.0 Å². The predicted molar refractivity (Wildman–Crippen MR) is 228 cm³/mol. The van der Waals surface area contributed by atoms with E-state index in [-0.39, 0.29) is 45.9 Å². The summed E-state index contributed by atoms with van der Waals surface area (Å²) in [5, 5.41) is 25.9. The molecule has 6 rings (SSSR count). The number of azo groups is 1. The first-order valence-corrected chi connectivity index (χ1v) is 20.7. The summed E-state index contributed by atoms with van der Waals surface area (Å²) in [5.74, 6) is -0.783. The number of carbonyl (C=O) groups is 3. The van der Waals surface area contributed by atoms with Crippen LogP contribution in [0.2, 0.25) is 0 Å². The Labute approximate surface area is 350 Å². The van der Waals surface area contributed by atoms with Crippen molar-refractivity contribution >= 4 is 79.0 Å². The average molecular weight is 850 g/mol. The van der Waals surface area contributed by atoms with E-state index in [9.17, 15) is 27.9 Å². The van der Waals surface area contributed by atoms with Gasteiger partial charge in [0.1, 0.15) is 34.4 Å². The molecule has 0 saturated carbocycles. The van der Waals surface area contributed by atoms with Crippen molar-refractivity contribution in [3.8, 4) is 17.2 Å². The van der Waals surface area contributed by atoms with Gasteiger partial charge in [0, 0.05) is 42.4 Å². The Morgan fingerprint density at radius 3 is 2.17 bits per heavy atom. The maximum Gasteiger partial charge on any atom is 0.419 e. The van der Waals surface area contributed by atoms with E-state index in [1.54, 1.807) is 84.9 Å². The number of fused-ring (bicyclic) bond motifs is 1. The van der Waals surface area contributed by atoms with E-state index in [2.05, 4.69) is 20.9 Å². The molecular formula is C43H39N5O10S2. The third-order valence-electron chi connectivity index (χ3n) is 8.80. The van der Waals surface area contributed by atoms with Crippen LogP contribution >= 0.6 is 12.0 Å². The molecule has 6 aromatic carbocycles. The number of benzene rings is 6. The van der Waals surface area contributed by atoms with Gasteiger partial charge in [0.2, 0.25) is 5.91 Å². The van der Waals surface area contributed by atoms with Gasteiger partial charge in [-0.3, -0.25) is 14.5 Å². The fraction of sp³-hybridized carbons (Fsp3) is 0.140. The molecule has 0 fully saturated rings. The number of amides is 3. The standard InChI is InChI=1S/C43H39N5O10S2/c1-26-9-13-31(14-10-26)46-47-36-23-40(60(5,53)54)38(24-39(36)59-58-55-4)56-25-28-11-19-32(20-12-28)57-43(52)48(3)37-8-6-7-34-33(37)21-22-35(41(34)50)42(51)45-30-17-15-29(16-18-30)44-27(2)49/h6-24,50H,25H2,1-5H3,(H,44,49)(H,45,51). The topological polar surface area (TPSA) is 195 Å². The molecule has 3 N–H and O–H groups in total. The second-order valence-electron chi connectivity index (χ2n) is 13.3. The van der Waals surface area contributed by atoms with E-state index < -0.39 is 21.8 Å². The molecule has 0 aliphatic rings. The molecule has 60 heavy (non-hydrogen) atoms. The number of carbonyl (C=O) groups excluding carboxylic acids is 3. The molecule has 0 radical (unpaired) electrons. The minimum atomic E-state index is -3.79. The average Bonchev–Trinajstić information content (AvgIpc) is 3.22. The molecule has 0 atom stereocenters. The van der Waals surface area contributed by atoms with Gasteiger partial charge in [-0.25, -0.2) is 18.1 Å². The minimum absolute atomic E-state index is 0.0178. The molecule has 17 heteroatoms. The summed E-state index contributed by atoms with van der Waals surface area (Å²) < 4.78 is 42.5. The molecule has 0 aliphatic heterocycles. The van der Waals surface area contributed by atoms with Crippen LogP contribution in [-0.4, -0.2) is 51.8 Å². The second-order valence-corrected chi connectivity index (χ2v) is 16.0. The van der Waals surface area contributed by atoms with Crippen LogP contribution in [0.15, 0.2) is 135 Å². The van der Waals surface area contributed by atoms with Crippen LogP contribution in [0.3, 0.4) is 0 Å². The van der Waals surface area contributed by atoms with E-state index in [1.165, 1.54) is 44.2 Å². The van der Waals surface area contributed by atoms with Gasteiger partial charge < -0.3 is 25.2 Å². The fourth-order valence-corrected chi connectivity index (χ4v) is 7.08. The Bertz CT molecular complexity index is 2690. The summed E-state index contributed by atoms with van der Waals surface area (Å²) in [7, 11) is -0.943. The first-order valence-electron chi connectivity index (χ1n) is 18.0. The Balaban J connectivity index is 1.13. The molecule has 0 aromatic heterocycles. The molecule has 0 heterocycles. The lowest BCUT2D eigenvalue weighted by molar-refractivity contribution is -0.160. The number of anilines is 3. The summed E-state index contributed by atoms with van der Waals surface area (Å²) in [6, 6.07) is 31.2. The number of sulfone groups is 1. The van der Waals surface area contributed by atoms with Crippen LogP contribution in [0.1, 0.15) is 28.4 Å². The van der Waals surface area contributed by atoms with Crippen LogP contribution in [0, 0.1) is 6.92 Å². The monoisotopic (exact) mass is 849 g/mol. The maximum atomic E-state index is 13.3. The van der Waals surface area contributed by atoms with E-state index >= 15 is 0 Å². The quantitative estimate of drug-likeness (QED) is 0.0409. The highest BCUT2D eigenvalue weighted by molar-refractivity contribution is 7.94. The summed E-state index contributed by atoms with van der Waals surface area (Å²) in [4.78, 5) is 44.1. The van der Waals surface area contributed by atoms with Crippen molar-refractivity contribution in [3.05, 3.63) is 132 Å². The van der Waals surface area contributed by atoms with Crippen molar-refractivity contribution in [1.29, 1.82) is 0 Å². The summed E-state index contributed by atoms with van der Waals surface area (Å²) in [5.41, 5.74) is 3.94. The third kappa shape index (κ3) is 10.6. The maximum absolute atomic E-state index is 13.3. The van der Waals surface area contributed by atoms with Gasteiger partial charge in [-0.05, 0) is 85.3 Å². The van der Waals surface area contributed by atoms with Gasteiger partial charge in [0.05, 0.1) is 41.0 Å². The highest BCUT2D eigenvalue weighted by Gasteiger charge is 2.22. The normalized spacial score (nSPS) is 11.3. The van der Waals surface area contributed by atoms with E-state index in [4.69, 9.17) is 18.7 Å². The highest BCUT2D eigenvalue weighted by Crippen LogP contribution is 2.40. The van der Waals surface area contributed by atoms with Crippen molar-refractivity contribution in [2.75, 3.05) is 35.9 Å². The lowest BCUT2D eigenvalue weighted by atomic mass is 10.0. The molecule has 0 aliphatic carbocycles. The SMILES string of the molecule is COOSc1cc(OCc2ccc(OC(=O)N(C)c3cccc4c(O)c(C(=O)Nc5ccc(NC(C)=O)cc5)ccc34)cc2)c(S(C)(=O)=O)cc1N=Nc1ccc(C)cc1. The number of hydrogen-bond acceptors (Lipinski definition) is 13. The largest absolute Gasteiger partial charge is 0.506 e. The summed E-state index contributed by atoms with van der Waals surface area (Å²) >= 11 is 0.812. The smallest absolute Gasteiger partial charge is 0.419 e. The number of nitrogens with zero attached hydrogens (tertiary/aromatic N) is 3. The fourth-order valence-electron chi connectivity index (χ4n) is 5.79. The van der Waals surface area contributed by atoms with Gasteiger partial charge in [0.25, 0.3) is 5.91 Å². The van der Waals surface area contributed by atoms with Crippen molar-refractivity contribution in [2.45, 2.75) is 30.2 Å². The number of phenolic OH excluding ortho intramolecular Hbond substituents is 1. The van der Waals surface area contributed by atoms with Crippen LogP contribution in [-0.2, 0) is 30.5 Å². The number of ether oxygens (including phenoxy) is 2. The molecule has 3 amide bonds. The Morgan fingerprint density at radius 2 is 1.52 bits per heavy atom. The summed E-state index contributed by atoms with van der Waals surface area (Å²) in [6.07, 6.45) is 0.336. The zero-order valence-corrected chi connectivity index (χ0v) is 34.6. The van der Waals surface area contributed by atoms with Crippen molar-refractivity contribution in [3.63, 3.8) is 0 Å². The second kappa shape index (κ2) is 18.9. The zero-order chi connectivity index (χ0) is 43.0. The number of aromatic hydroxyl groups is 1. The van der Waals surface area contributed by atoms with Crippen molar-refractivity contribution in [2.24, 2.45) is 10.2 Å². The van der Waals surface area contributed by atoms with Gasteiger partial charge >= 0.3 is 6.09 Å². The van der Waals surface area contributed by atoms with Gasteiger partial charge in [-0.15, -0.1) is 5.11 Å². The molecule has 308 valence electrons. The first kappa shape index (κ1) is 42.8. The van der Waals surface area contributed by atoms with E-state index in [0.29, 0.717) is 44.0 Å². The van der Waals surface area contributed by atoms with Gasteiger partial charge in [-0.2, -0.15) is 9.45 Å². The molecule has 15 nitrogen and oxygen atoms in total. The van der Waals surface area contributed by atoms with Gasteiger partial charge in [0.15, 0.2) is 9.84 Å². The van der Waals surface area contributed by atoms with E-state index in [1.807, 2.05) is 19.1 Å². The Hall–Kier alpha value is -6.79. The van der Waals surface area contributed by atoms with Crippen LogP contribution in [0.5, 0.6) is 17.2 Å². The lowest BCUT2D eigenvalue weighted by Crippen LogP contribution is -2.29. The molecular weight excluding hydrogens is 811 g/mol. The number of hydrogen-bond donors (Lipinski definition) is 3. The third-order valence-corrected chi connectivity index (χ3v) is 10.6. The van der Waals surface area contributed by atoms with E-state index in [0.717, 1.165) is 23.9 Å². The zero-order valence-electron chi connectivity index (χ0n) is 33.0. The van der Waals surface area contributed by atoms with Crippen molar-refractivity contribution in [1.82, 2.24) is 0 Å².